The number of benzene rings is 2. The average Bonchev–Trinajstić information content (AvgIpc) is 2.36. The molecule has 0 aliphatic heterocycles. The zero-order valence-electron chi connectivity index (χ0n) is 10.0. The Morgan fingerprint density at radius 2 is 1.65 bits per heavy atom. The quantitative estimate of drug-likeness (QED) is 0.800. The fraction of sp³-hybridized carbons (Fsp3) is 0.200. The van der Waals surface area contributed by atoms with Gasteiger partial charge < -0.3 is 4.74 Å². The predicted molar refractivity (Wildman–Crippen MR) is 74.4 cm³/mol. The molecule has 0 aliphatic rings. The molecular weight excluding hydrogens is 276 g/mol. The summed E-state index contributed by atoms with van der Waals surface area (Å²) in [5.41, 5.74) is 3.61. The van der Waals surface area contributed by atoms with Crippen LogP contribution < -0.4 is 4.74 Å². The van der Waals surface area contributed by atoms with Gasteiger partial charge in [0.25, 0.3) is 0 Å². The zero-order chi connectivity index (χ0) is 12.3. The molecule has 0 atom stereocenters. The van der Waals surface area contributed by atoms with Crippen LogP contribution in [-0.4, -0.2) is 0 Å². The van der Waals surface area contributed by atoms with Gasteiger partial charge in [0.05, 0.1) is 0 Å². The molecule has 0 saturated carbocycles. The first-order chi connectivity index (χ1) is 8.18. The number of rotatable bonds is 3. The van der Waals surface area contributed by atoms with Gasteiger partial charge in [0.2, 0.25) is 0 Å². The third-order valence-corrected chi connectivity index (χ3v) is 3.77. The van der Waals surface area contributed by atoms with Gasteiger partial charge >= 0.3 is 0 Å². The second kappa shape index (κ2) is 5.37. The summed E-state index contributed by atoms with van der Waals surface area (Å²) >= 11 is 3.52. The van der Waals surface area contributed by atoms with E-state index < -0.39 is 0 Å². The Balaban J connectivity index is 2.13. The fourth-order valence-corrected chi connectivity index (χ4v) is 2.08. The SMILES string of the molecule is Cc1c(Br)ccc(OCc2ccccc2)c1C. The lowest BCUT2D eigenvalue weighted by molar-refractivity contribution is 0.304. The largest absolute Gasteiger partial charge is 0.489 e. The van der Waals surface area contributed by atoms with Crippen LogP contribution in [0.1, 0.15) is 16.7 Å². The molecule has 0 amide bonds. The van der Waals surface area contributed by atoms with E-state index in [1.807, 2.05) is 30.3 Å². The highest BCUT2D eigenvalue weighted by atomic mass is 79.9. The number of hydrogen-bond donors (Lipinski definition) is 0. The molecule has 0 unspecified atom stereocenters. The van der Waals surface area contributed by atoms with Gasteiger partial charge in [0.1, 0.15) is 12.4 Å². The van der Waals surface area contributed by atoms with Gasteiger partial charge in [-0.15, -0.1) is 0 Å². The van der Waals surface area contributed by atoms with Crippen LogP contribution in [0.5, 0.6) is 5.75 Å². The number of ether oxygens (including phenoxy) is 1. The average molecular weight is 291 g/mol. The van der Waals surface area contributed by atoms with Crippen molar-refractivity contribution in [3.05, 3.63) is 63.6 Å². The Kier molecular flexibility index (Phi) is 3.85. The Labute approximate surface area is 111 Å². The summed E-state index contributed by atoms with van der Waals surface area (Å²) in [4.78, 5) is 0. The second-order valence-corrected chi connectivity index (χ2v) is 4.92. The standard InChI is InChI=1S/C15H15BrO/c1-11-12(2)15(9-8-14(11)16)17-10-13-6-4-3-5-7-13/h3-9H,10H2,1-2H3. The van der Waals surface area contributed by atoms with E-state index in [1.165, 1.54) is 16.7 Å². The summed E-state index contributed by atoms with van der Waals surface area (Å²) in [6, 6.07) is 14.2. The topological polar surface area (TPSA) is 9.23 Å². The molecule has 0 N–H and O–H groups in total. The normalized spacial score (nSPS) is 10.3. The second-order valence-electron chi connectivity index (χ2n) is 4.07. The lowest BCUT2D eigenvalue weighted by Crippen LogP contribution is -1.98. The molecule has 0 saturated heterocycles. The van der Waals surface area contributed by atoms with Crippen molar-refractivity contribution in [1.82, 2.24) is 0 Å². The molecule has 17 heavy (non-hydrogen) atoms. The van der Waals surface area contributed by atoms with Crippen molar-refractivity contribution >= 4 is 15.9 Å². The molecule has 0 spiro atoms. The Bertz CT molecular complexity index is 506. The van der Waals surface area contributed by atoms with Gasteiger partial charge in [0, 0.05) is 4.47 Å². The summed E-state index contributed by atoms with van der Waals surface area (Å²) in [6.07, 6.45) is 0. The molecule has 2 rings (SSSR count). The Morgan fingerprint density at radius 1 is 0.941 bits per heavy atom. The third-order valence-electron chi connectivity index (χ3n) is 2.91. The van der Waals surface area contributed by atoms with Gasteiger partial charge in [0.15, 0.2) is 0 Å². The zero-order valence-corrected chi connectivity index (χ0v) is 11.6. The molecule has 2 aromatic carbocycles. The van der Waals surface area contributed by atoms with E-state index >= 15 is 0 Å². The minimum atomic E-state index is 0.614. The summed E-state index contributed by atoms with van der Waals surface area (Å²) in [7, 11) is 0. The molecule has 1 nitrogen and oxygen atoms in total. The maximum atomic E-state index is 5.84. The highest BCUT2D eigenvalue weighted by Crippen LogP contribution is 2.28. The molecule has 0 bridgehead atoms. The van der Waals surface area contributed by atoms with Crippen LogP contribution in [0.15, 0.2) is 46.9 Å². The van der Waals surface area contributed by atoms with Gasteiger partial charge in [-0.2, -0.15) is 0 Å². The first kappa shape index (κ1) is 12.2. The van der Waals surface area contributed by atoms with Gasteiger partial charge in [-0.25, -0.2) is 0 Å². The molecule has 2 aromatic rings. The van der Waals surface area contributed by atoms with Crippen LogP contribution in [0.2, 0.25) is 0 Å². The van der Waals surface area contributed by atoms with E-state index in [4.69, 9.17) is 4.74 Å². The molecule has 0 aliphatic carbocycles. The predicted octanol–water partition coefficient (Wildman–Crippen LogP) is 4.64. The minimum absolute atomic E-state index is 0.614. The molecule has 0 radical (unpaired) electrons. The van der Waals surface area contributed by atoms with Crippen molar-refractivity contribution in [3.8, 4) is 5.75 Å². The first-order valence-corrected chi connectivity index (χ1v) is 6.40. The van der Waals surface area contributed by atoms with Crippen LogP contribution >= 0.6 is 15.9 Å². The molecule has 88 valence electrons. The summed E-state index contributed by atoms with van der Waals surface area (Å²) in [5.74, 6) is 0.953. The maximum absolute atomic E-state index is 5.84. The summed E-state index contributed by atoms with van der Waals surface area (Å²) in [6.45, 7) is 4.79. The smallest absolute Gasteiger partial charge is 0.123 e. The first-order valence-electron chi connectivity index (χ1n) is 5.61. The fourth-order valence-electron chi connectivity index (χ4n) is 1.65. The van der Waals surface area contributed by atoms with Crippen molar-refractivity contribution < 1.29 is 4.74 Å². The van der Waals surface area contributed by atoms with Crippen LogP contribution in [0.3, 0.4) is 0 Å². The van der Waals surface area contributed by atoms with Gasteiger partial charge in [-0.1, -0.05) is 46.3 Å². The Morgan fingerprint density at radius 3 is 2.35 bits per heavy atom. The van der Waals surface area contributed by atoms with Crippen molar-refractivity contribution in [2.24, 2.45) is 0 Å². The third kappa shape index (κ3) is 2.89. The minimum Gasteiger partial charge on any atom is -0.489 e. The van der Waals surface area contributed by atoms with E-state index in [0.717, 1.165) is 10.2 Å². The van der Waals surface area contributed by atoms with E-state index in [9.17, 15) is 0 Å². The molecular formula is C15H15BrO. The van der Waals surface area contributed by atoms with Gasteiger partial charge in [-0.3, -0.25) is 0 Å². The molecule has 0 aromatic heterocycles. The van der Waals surface area contributed by atoms with Crippen LogP contribution in [0.25, 0.3) is 0 Å². The molecule has 2 heteroatoms. The summed E-state index contributed by atoms with van der Waals surface area (Å²) < 4.78 is 6.96. The number of halogens is 1. The Hall–Kier alpha value is -1.28. The van der Waals surface area contributed by atoms with Crippen molar-refractivity contribution in [2.75, 3.05) is 0 Å². The highest BCUT2D eigenvalue weighted by Gasteiger charge is 2.05. The van der Waals surface area contributed by atoms with Gasteiger partial charge in [-0.05, 0) is 42.7 Å². The summed E-state index contributed by atoms with van der Waals surface area (Å²) in [5, 5.41) is 0. The van der Waals surface area contributed by atoms with Crippen LogP contribution in [0.4, 0.5) is 0 Å². The monoisotopic (exact) mass is 290 g/mol. The van der Waals surface area contributed by atoms with E-state index in [-0.39, 0.29) is 0 Å². The number of hydrogen-bond acceptors (Lipinski definition) is 1. The van der Waals surface area contributed by atoms with E-state index in [1.54, 1.807) is 0 Å². The van der Waals surface area contributed by atoms with Crippen LogP contribution in [-0.2, 0) is 6.61 Å². The van der Waals surface area contributed by atoms with Crippen molar-refractivity contribution in [1.29, 1.82) is 0 Å². The lowest BCUT2D eigenvalue weighted by atomic mass is 10.1. The van der Waals surface area contributed by atoms with E-state index in [0.29, 0.717) is 6.61 Å². The molecule has 0 heterocycles. The highest BCUT2D eigenvalue weighted by molar-refractivity contribution is 9.10. The maximum Gasteiger partial charge on any atom is 0.123 e. The lowest BCUT2D eigenvalue weighted by Gasteiger charge is -2.12. The van der Waals surface area contributed by atoms with E-state index in [2.05, 4.69) is 41.9 Å². The van der Waals surface area contributed by atoms with Crippen molar-refractivity contribution in [3.63, 3.8) is 0 Å². The van der Waals surface area contributed by atoms with Crippen LogP contribution in [0, 0.1) is 13.8 Å². The van der Waals surface area contributed by atoms with Crippen molar-refractivity contribution in [2.45, 2.75) is 20.5 Å². The molecule has 0 fully saturated rings.